The molecule has 0 bridgehead atoms. The van der Waals surface area contributed by atoms with Crippen LogP contribution in [0.1, 0.15) is 18.2 Å². The van der Waals surface area contributed by atoms with E-state index in [9.17, 15) is 9.50 Å². The van der Waals surface area contributed by atoms with E-state index >= 15 is 0 Å². The van der Waals surface area contributed by atoms with Crippen molar-refractivity contribution in [3.05, 3.63) is 58.3 Å². The molecular weight excluding hydrogens is 299 g/mol. The molecule has 2 aromatic heterocycles. The monoisotopic (exact) mass is 310 g/mol. The van der Waals surface area contributed by atoms with Crippen LogP contribution in [0.4, 0.5) is 4.39 Å². The zero-order chi connectivity index (χ0) is 13.2. The summed E-state index contributed by atoms with van der Waals surface area (Å²) >= 11 is 3.33. The predicted octanol–water partition coefficient (Wildman–Crippen LogP) is 2.83. The van der Waals surface area contributed by atoms with Crippen molar-refractivity contribution in [2.45, 2.75) is 18.9 Å². The zero-order valence-corrected chi connectivity index (χ0v) is 11.4. The molecule has 3 nitrogen and oxygen atoms in total. The van der Waals surface area contributed by atoms with E-state index in [1.807, 2.05) is 6.07 Å². The van der Waals surface area contributed by atoms with Gasteiger partial charge in [-0.05, 0) is 46.6 Å². The summed E-state index contributed by atoms with van der Waals surface area (Å²) in [6, 6.07) is 4.65. The van der Waals surface area contributed by atoms with Crippen molar-refractivity contribution in [1.29, 1.82) is 0 Å². The Kier molecular flexibility index (Phi) is 3.73. The highest BCUT2D eigenvalue weighted by Gasteiger charge is 2.25. The fourth-order valence-electron chi connectivity index (χ4n) is 1.73. The normalized spacial score (nSPS) is 14.2. The van der Waals surface area contributed by atoms with E-state index in [0.717, 1.165) is 16.2 Å². The quantitative estimate of drug-likeness (QED) is 0.948. The van der Waals surface area contributed by atoms with Crippen LogP contribution < -0.4 is 0 Å². The van der Waals surface area contributed by atoms with E-state index < -0.39 is 11.4 Å². The van der Waals surface area contributed by atoms with Crippen LogP contribution in [-0.2, 0) is 12.0 Å². The van der Waals surface area contributed by atoms with Crippen molar-refractivity contribution in [2.75, 3.05) is 0 Å². The summed E-state index contributed by atoms with van der Waals surface area (Å²) < 4.78 is 13.6. The van der Waals surface area contributed by atoms with Gasteiger partial charge in [0.15, 0.2) is 0 Å². The SMILES string of the molecule is CC(O)(Cc1cncc(Br)c1)c1ccc(F)cn1. The average molecular weight is 311 g/mol. The molecule has 1 atom stereocenters. The molecular formula is C13H12BrFN2O. The predicted molar refractivity (Wildman–Crippen MR) is 69.4 cm³/mol. The molecule has 0 radical (unpaired) electrons. The second-order valence-corrected chi connectivity index (χ2v) is 5.24. The maximum absolute atomic E-state index is 12.8. The van der Waals surface area contributed by atoms with Gasteiger partial charge in [-0.3, -0.25) is 9.97 Å². The summed E-state index contributed by atoms with van der Waals surface area (Å²) in [7, 11) is 0. The Morgan fingerprint density at radius 3 is 2.72 bits per heavy atom. The standard InChI is InChI=1S/C13H12BrFN2O/c1-13(18,12-3-2-11(15)8-17-12)5-9-4-10(14)7-16-6-9/h2-4,6-8,18H,5H2,1H3. The Morgan fingerprint density at radius 1 is 1.33 bits per heavy atom. The van der Waals surface area contributed by atoms with Crippen LogP contribution in [0.2, 0.25) is 0 Å². The van der Waals surface area contributed by atoms with Crippen molar-refractivity contribution >= 4 is 15.9 Å². The molecule has 2 aromatic rings. The maximum Gasteiger partial charge on any atom is 0.141 e. The van der Waals surface area contributed by atoms with Gasteiger partial charge in [0.05, 0.1) is 11.9 Å². The topological polar surface area (TPSA) is 46.0 Å². The van der Waals surface area contributed by atoms with E-state index in [2.05, 4.69) is 25.9 Å². The van der Waals surface area contributed by atoms with E-state index in [1.54, 1.807) is 19.3 Å². The Bertz CT molecular complexity index is 543. The summed E-state index contributed by atoms with van der Waals surface area (Å²) in [5.74, 6) is -0.418. The molecule has 0 amide bonds. The van der Waals surface area contributed by atoms with E-state index in [-0.39, 0.29) is 0 Å². The zero-order valence-electron chi connectivity index (χ0n) is 9.77. The van der Waals surface area contributed by atoms with E-state index in [0.29, 0.717) is 12.1 Å². The van der Waals surface area contributed by atoms with Crippen LogP contribution in [0.5, 0.6) is 0 Å². The third-order valence-electron chi connectivity index (χ3n) is 2.59. The number of nitrogens with zero attached hydrogens (tertiary/aromatic N) is 2. The fourth-order valence-corrected chi connectivity index (χ4v) is 2.15. The van der Waals surface area contributed by atoms with Gasteiger partial charge in [-0.15, -0.1) is 0 Å². The lowest BCUT2D eigenvalue weighted by molar-refractivity contribution is 0.0528. The van der Waals surface area contributed by atoms with E-state index in [4.69, 9.17) is 0 Å². The molecule has 18 heavy (non-hydrogen) atoms. The molecule has 1 N–H and O–H groups in total. The Labute approximate surface area is 113 Å². The van der Waals surface area contributed by atoms with Gasteiger partial charge in [0, 0.05) is 23.3 Å². The Morgan fingerprint density at radius 2 is 2.11 bits per heavy atom. The Hall–Kier alpha value is -1.33. The molecule has 94 valence electrons. The maximum atomic E-state index is 12.8. The van der Waals surface area contributed by atoms with Crippen molar-refractivity contribution in [2.24, 2.45) is 0 Å². The first-order valence-electron chi connectivity index (χ1n) is 5.41. The van der Waals surface area contributed by atoms with Crippen LogP contribution in [0, 0.1) is 5.82 Å². The molecule has 5 heteroatoms. The van der Waals surface area contributed by atoms with Crippen molar-refractivity contribution in [3.63, 3.8) is 0 Å². The highest BCUT2D eigenvalue weighted by Crippen LogP contribution is 2.24. The first-order chi connectivity index (χ1) is 8.47. The molecule has 0 saturated heterocycles. The lowest BCUT2D eigenvalue weighted by atomic mass is 9.93. The van der Waals surface area contributed by atoms with Gasteiger partial charge in [0.25, 0.3) is 0 Å². The number of pyridine rings is 2. The number of halogens is 2. The summed E-state index contributed by atoms with van der Waals surface area (Å²) in [4.78, 5) is 7.95. The Balaban J connectivity index is 2.23. The second kappa shape index (κ2) is 5.12. The van der Waals surface area contributed by atoms with Gasteiger partial charge in [-0.25, -0.2) is 4.39 Å². The number of hydrogen-bond donors (Lipinski definition) is 1. The number of aliphatic hydroxyl groups is 1. The minimum atomic E-state index is -1.16. The molecule has 2 rings (SSSR count). The van der Waals surface area contributed by atoms with Crippen molar-refractivity contribution in [1.82, 2.24) is 9.97 Å². The van der Waals surface area contributed by atoms with Crippen LogP contribution >= 0.6 is 15.9 Å². The van der Waals surface area contributed by atoms with Crippen LogP contribution in [0.3, 0.4) is 0 Å². The van der Waals surface area contributed by atoms with E-state index in [1.165, 1.54) is 12.1 Å². The highest BCUT2D eigenvalue weighted by atomic mass is 79.9. The molecule has 0 aliphatic heterocycles. The van der Waals surface area contributed by atoms with Crippen LogP contribution in [-0.4, -0.2) is 15.1 Å². The smallest absolute Gasteiger partial charge is 0.141 e. The second-order valence-electron chi connectivity index (χ2n) is 4.32. The lowest BCUT2D eigenvalue weighted by Crippen LogP contribution is -2.25. The molecule has 0 spiro atoms. The molecule has 0 aromatic carbocycles. The summed E-state index contributed by atoms with van der Waals surface area (Å²) in [6.45, 7) is 1.65. The van der Waals surface area contributed by atoms with Gasteiger partial charge >= 0.3 is 0 Å². The third-order valence-corrected chi connectivity index (χ3v) is 3.02. The lowest BCUT2D eigenvalue weighted by Gasteiger charge is -2.22. The molecule has 0 aliphatic rings. The minimum Gasteiger partial charge on any atom is -0.383 e. The number of hydrogen-bond acceptors (Lipinski definition) is 3. The van der Waals surface area contributed by atoms with Crippen molar-refractivity contribution in [3.8, 4) is 0 Å². The minimum absolute atomic E-state index is 0.359. The first kappa shape index (κ1) is 13.1. The number of rotatable bonds is 3. The average Bonchev–Trinajstić information content (AvgIpc) is 2.29. The number of aromatic nitrogens is 2. The van der Waals surface area contributed by atoms with Gasteiger partial charge < -0.3 is 5.11 Å². The highest BCUT2D eigenvalue weighted by molar-refractivity contribution is 9.10. The fraction of sp³-hybridized carbons (Fsp3) is 0.231. The molecule has 1 unspecified atom stereocenters. The summed E-state index contributed by atoms with van der Waals surface area (Å²) in [6.07, 6.45) is 4.82. The van der Waals surface area contributed by atoms with Gasteiger partial charge in [0.2, 0.25) is 0 Å². The molecule has 0 fully saturated rings. The van der Waals surface area contributed by atoms with Gasteiger partial charge in [-0.2, -0.15) is 0 Å². The van der Waals surface area contributed by atoms with Gasteiger partial charge in [-0.1, -0.05) is 0 Å². The van der Waals surface area contributed by atoms with Crippen molar-refractivity contribution < 1.29 is 9.50 Å². The van der Waals surface area contributed by atoms with Crippen LogP contribution in [0.15, 0.2) is 41.3 Å². The summed E-state index contributed by atoms with van der Waals surface area (Å²) in [5, 5.41) is 10.4. The molecule has 0 saturated carbocycles. The first-order valence-corrected chi connectivity index (χ1v) is 6.20. The molecule has 0 aliphatic carbocycles. The van der Waals surface area contributed by atoms with Gasteiger partial charge in [0.1, 0.15) is 11.4 Å². The summed E-state index contributed by atoms with van der Waals surface area (Å²) in [5.41, 5.74) is 0.153. The van der Waals surface area contributed by atoms with Crippen LogP contribution in [0.25, 0.3) is 0 Å². The molecule has 2 heterocycles. The largest absolute Gasteiger partial charge is 0.383 e. The third kappa shape index (κ3) is 3.11.